The van der Waals surface area contributed by atoms with Crippen LogP contribution in [-0.2, 0) is 11.4 Å². The van der Waals surface area contributed by atoms with Gasteiger partial charge >= 0.3 is 0 Å². The average Bonchev–Trinajstić information content (AvgIpc) is 2.57. The highest BCUT2D eigenvalue weighted by Crippen LogP contribution is 2.16. The number of aliphatic hydroxyl groups excluding tert-OH is 1. The van der Waals surface area contributed by atoms with E-state index in [9.17, 15) is 4.79 Å². The van der Waals surface area contributed by atoms with Crippen LogP contribution in [0.25, 0.3) is 0 Å². The van der Waals surface area contributed by atoms with Gasteiger partial charge in [0.25, 0.3) is 5.91 Å². The van der Waals surface area contributed by atoms with Crippen molar-refractivity contribution in [2.45, 2.75) is 51.9 Å². The summed E-state index contributed by atoms with van der Waals surface area (Å²) in [5.41, 5.74) is 0.776. The van der Waals surface area contributed by atoms with Crippen LogP contribution in [0.1, 0.15) is 38.7 Å². The van der Waals surface area contributed by atoms with Gasteiger partial charge in [-0.2, -0.15) is 0 Å². The first-order chi connectivity index (χ1) is 11.1. The Labute approximate surface area is 138 Å². The highest BCUT2D eigenvalue weighted by molar-refractivity contribution is 5.81. The van der Waals surface area contributed by atoms with Crippen molar-refractivity contribution in [2.75, 3.05) is 19.6 Å². The largest absolute Gasteiger partial charge is 0.481 e. The van der Waals surface area contributed by atoms with Crippen molar-refractivity contribution in [3.05, 3.63) is 29.8 Å². The Balaban J connectivity index is 1.79. The minimum absolute atomic E-state index is 0.0336. The number of benzene rings is 1. The number of amides is 1. The minimum Gasteiger partial charge on any atom is -0.481 e. The third kappa shape index (κ3) is 5.52. The normalized spacial score (nSPS) is 17.7. The molecule has 128 valence electrons. The van der Waals surface area contributed by atoms with Crippen molar-refractivity contribution < 1.29 is 14.6 Å². The topological polar surface area (TPSA) is 61.8 Å². The van der Waals surface area contributed by atoms with Crippen molar-refractivity contribution in [1.82, 2.24) is 10.2 Å². The maximum absolute atomic E-state index is 12.3. The van der Waals surface area contributed by atoms with Gasteiger partial charge in [0.05, 0.1) is 6.61 Å². The number of likely N-dealkylation sites (tertiary alicyclic amines) is 1. The molecule has 1 saturated heterocycles. The molecule has 1 aromatic carbocycles. The summed E-state index contributed by atoms with van der Waals surface area (Å²) in [5.74, 6) is 0.533. The second-order valence-corrected chi connectivity index (χ2v) is 6.19. The van der Waals surface area contributed by atoms with E-state index in [1.165, 1.54) is 6.42 Å². The molecule has 1 aliphatic rings. The zero-order valence-corrected chi connectivity index (χ0v) is 14.1. The van der Waals surface area contributed by atoms with E-state index < -0.39 is 6.10 Å². The van der Waals surface area contributed by atoms with Gasteiger partial charge in [0.1, 0.15) is 5.75 Å². The van der Waals surface area contributed by atoms with Crippen LogP contribution in [0, 0.1) is 0 Å². The van der Waals surface area contributed by atoms with Crippen LogP contribution >= 0.6 is 0 Å². The van der Waals surface area contributed by atoms with E-state index in [4.69, 9.17) is 9.84 Å². The highest BCUT2D eigenvalue weighted by atomic mass is 16.5. The summed E-state index contributed by atoms with van der Waals surface area (Å²) >= 11 is 0. The van der Waals surface area contributed by atoms with Gasteiger partial charge in [0.15, 0.2) is 6.10 Å². The molecule has 1 fully saturated rings. The minimum atomic E-state index is -0.544. The lowest BCUT2D eigenvalue weighted by molar-refractivity contribution is -0.128. The lowest BCUT2D eigenvalue weighted by Gasteiger charge is -2.32. The van der Waals surface area contributed by atoms with Gasteiger partial charge in [0, 0.05) is 19.1 Å². The average molecular weight is 320 g/mol. The van der Waals surface area contributed by atoms with E-state index >= 15 is 0 Å². The summed E-state index contributed by atoms with van der Waals surface area (Å²) in [6.07, 6.45) is 2.63. The molecule has 1 amide bonds. The van der Waals surface area contributed by atoms with Crippen molar-refractivity contribution in [3.63, 3.8) is 0 Å². The maximum atomic E-state index is 12.3. The fourth-order valence-electron chi connectivity index (χ4n) is 2.91. The number of nitrogens with zero attached hydrogens (tertiary/aromatic N) is 1. The molecule has 5 nitrogen and oxygen atoms in total. The number of hydrogen-bond acceptors (Lipinski definition) is 4. The predicted molar refractivity (Wildman–Crippen MR) is 90.4 cm³/mol. The predicted octanol–water partition coefficient (Wildman–Crippen LogP) is 1.94. The number of carbonyl (C=O) groups excluding carboxylic acids is 1. The molecule has 1 unspecified atom stereocenters. The molecule has 0 aromatic heterocycles. The Morgan fingerprint density at radius 1 is 1.43 bits per heavy atom. The maximum Gasteiger partial charge on any atom is 0.260 e. The van der Waals surface area contributed by atoms with Crippen molar-refractivity contribution >= 4 is 5.91 Å². The first kappa shape index (κ1) is 17.8. The van der Waals surface area contributed by atoms with E-state index in [0.717, 1.165) is 38.0 Å². The van der Waals surface area contributed by atoms with Crippen LogP contribution in [0.4, 0.5) is 0 Å². The Morgan fingerprint density at radius 3 is 2.83 bits per heavy atom. The van der Waals surface area contributed by atoms with E-state index in [1.54, 1.807) is 19.1 Å². The second kappa shape index (κ2) is 8.89. The molecule has 2 rings (SSSR count). The number of hydrogen-bond donors (Lipinski definition) is 2. The first-order valence-electron chi connectivity index (χ1n) is 8.51. The zero-order valence-electron chi connectivity index (χ0n) is 14.1. The number of carbonyl (C=O) groups is 1. The fourth-order valence-corrected chi connectivity index (χ4v) is 2.91. The molecule has 0 radical (unpaired) electrons. The molecule has 0 saturated carbocycles. The molecular formula is C18H28N2O3. The highest BCUT2D eigenvalue weighted by Gasteiger charge is 2.23. The quantitative estimate of drug-likeness (QED) is 0.806. The van der Waals surface area contributed by atoms with Gasteiger partial charge in [-0.1, -0.05) is 19.1 Å². The Kier molecular flexibility index (Phi) is 6.86. The molecule has 1 atom stereocenters. The number of ether oxygens (including phenoxy) is 1. The molecule has 0 spiro atoms. The lowest BCUT2D eigenvalue weighted by Crippen LogP contribution is -2.48. The number of nitrogens with one attached hydrogen (secondary N) is 1. The molecule has 0 aliphatic carbocycles. The smallest absolute Gasteiger partial charge is 0.260 e. The van der Waals surface area contributed by atoms with E-state index in [-0.39, 0.29) is 18.6 Å². The summed E-state index contributed by atoms with van der Waals surface area (Å²) in [5, 5.41) is 12.2. The van der Waals surface area contributed by atoms with Crippen molar-refractivity contribution in [2.24, 2.45) is 0 Å². The van der Waals surface area contributed by atoms with Gasteiger partial charge in [-0.05, 0) is 50.4 Å². The van der Waals surface area contributed by atoms with Crippen LogP contribution < -0.4 is 10.1 Å². The van der Waals surface area contributed by atoms with Gasteiger partial charge in [0.2, 0.25) is 0 Å². The van der Waals surface area contributed by atoms with Crippen LogP contribution in [0.2, 0.25) is 0 Å². The van der Waals surface area contributed by atoms with Crippen LogP contribution in [-0.4, -0.2) is 47.7 Å². The molecular weight excluding hydrogens is 292 g/mol. The van der Waals surface area contributed by atoms with E-state index in [1.807, 2.05) is 12.1 Å². The molecule has 5 heteroatoms. The van der Waals surface area contributed by atoms with Gasteiger partial charge < -0.3 is 20.1 Å². The Bertz CT molecular complexity index is 499. The van der Waals surface area contributed by atoms with Crippen LogP contribution in [0.5, 0.6) is 5.75 Å². The Hall–Kier alpha value is -1.59. The van der Waals surface area contributed by atoms with Crippen LogP contribution in [0.15, 0.2) is 24.3 Å². The second-order valence-electron chi connectivity index (χ2n) is 6.19. The summed E-state index contributed by atoms with van der Waals surface area (Å²) in [7, 11) is 0. The van der Waals surface area contributed by atoms with E-state index in [0.29, 0.717) is 5.75 Å². The van der Waals surface area contributed by atoms with Crippen molar-refractivity contribution in [3.8, 4) is 5.75 Å². The molecule has 23 heavy (non-hydrogen) atoms. The summed E-state index contributed by atoms with van der Waals surface area (Å²) in [6, 6.07) is 7.43. The van der Waals surface area contributed by atoms with E-state index in [2.05, 4.69) is 17.1 Å². The van der Waals surface area contributed by atoms with Gasteiger partial charge in [-0.25, -0.2) is 0 Å². The Morgan fingerprint density at radius 2 is 2.17 bits per heavy atom. The summed E-state index contributed by atoms with van der Waals surface area (Å²) < 4.78 is 5.69. The monoisotopic (exact) mass is 320 g/mol. The van der Waals surface area contributed by atoms with Crippen LogP contribution in [0.3, 0.4) is 0 Å². The summed E-state index contributed by atoms with van der Waals surface area (Å²) in [6.45, 7) is 7.15. The first-order valence-corrected chi connectivity index (χ1v) is 8.51. The van der Waals surface area contributed by atoms with Crippen molar-refractivity contribution in [1.29, 1.82) is 0 Å². The molecule has 1 aliphatic heterocycles. The number of aliphatic hydroxyl groups is 1. The fraction of sp³-hybridized carbons (Fsp3) is 0.611. The molecule has 1 heterocycles. The third-order valence-corrected chi connectivity index (χ3v) is 4.24. The SMILES string of the molecule is CCCN1CCC(NC(=O)C(C)Oc2cccc(CO)c2)CC1. The molecule has 2 N–H and O–H groups in total. The molecule has 0 bridgehead atoms. The molecule has 1 aromatic rings. The number of rotatable bonds is 7. The number of piperidine rings is 1. The zero-order chi connectivity index (χ0) is 16.7. The lowest BCUT2D eigenvalue weighted by atomic mass is 10.0. The van der Waals surface area contributed by atoms with Gasteiger partial charge in [-0.15, -0.1) is 0 Å². The van der Waals surface area contributed by atoms with Gasteiger partial charge in [-0.3, -0.25) is 4.79 Å². The summed E-state index contributed by atoms with van der Waals surface area (Å²) in [4.78, 5) is 14.7. The third-order valence-electron chi connectivity index (χ3n) is 4.24. The standard InChI is InChI=1S/C18H28N2O3/c1-3-9-20-10-7-16(8-11-20)19-18(22)14(2)23-17-6-4-5-15(12-17)13-21/h4-6,12,14,16,21H,3,7-11,13H2,1-2H3,(H,19,22).